The van der Waals surface area contributed by atoms with Crippen LogP contribution in [0.4, 0.5) is 5.69 Å². The standard InChI is InChI=1S/C15H16N2O3S/c1-15(2)11-12(15)14(19)17(13(11)18)8-5-3-4-6-9(8)20-7-10(16)21/h3-6,11-12H,7H2,1-2H3,(H2,16,21). The van der Waals surface area contributed by atoms with Crippen molar-refractivity contribution in [2.24, 2.45) is 23.0 Å². The highest BCUT2D eigenvalue weighted by Gasteiger charge is 2.72. The molecule has 1 saturated carbocycles. The molecule has 1 aromatic rings. The first-order chi connectivity index (χ1) is 9.85. The van der Waals surface area contributed by atoms with Gasteiger partial charge in [-0.3, -0.25) is 9.59 Å². The lowest BCUT2D eigenvalue weighted by molar-refractivity contribution is -0.125. The number of anilines is 1. The molecule has 1 aliphatic carbocycles. The lowest BCUT2D eigenvalue weighted by Crippen LogP contribution is -2.36. The first kappa shape index (κ1) is 14.0. The number of ether oxygens (including phenoxy) is 1. The van der Waals surface area contributed by atoms with Gasteiger partial charge in [0.25, 0.3) is 0 Å². The van der Waals surface area contributed by atoms with Crippen LogP contribution in [0.2, 0.25) is 0 Å². The van der Waals surface area contributed by atoms with Gasteiger partial charge in [-0.1, -0.05) is 38.2 Å². The minimum absolute atomic E-state index is 0.0704. The Bertz CT molecular complexity index is 632. The maximum Gasteiger partial charge on any atom is 0.238 e. The molecule has 0 aromatic heterocycles. The highest BCUT2D eigenvalue weighted by molar-refractivity contribution is 7.80. The number of carbonyl (C=O) groups excluding carboxylic acids is 2. The average Bonchev–Trinajstić information content (AvgIpc) is 2.88. The molecule has 1 heterocycles. The van der Waals surface area contributed by atoms with E-state index in [9.17, 15) is 9.59 Å². The van der Waals surface area contributed by atoms with Crippen molar-refractivity contribution < 1.29 is 14.3 Å². The van der Waals surface area contributed by atoms with Gasteiger partial charge in [0.1, 0.15) is 17.3 Å². The Morgan fingerprint density at radius 2 is 1.86 bits per heavy atom. The summed E-state index contributed by atoms with van der Waals surface area (Å²) in [6, 6.07) is 6.93. The quantitative estimate of drug-likeness (QED) is 0.674. The Morgan fingerprint density at radius 3 is 2.43 bits per heavy atom. The second kappa shape index (κ2) is 4.53. The van der Waals surface area contributed by atoms with Gasteiger partial charge < -0.3 is 10.5 Å². The molecule has 2 unspecified atom stereocenters. The lowest BCUT2D eigenvalue weighted by Gasteiger charge is -2.22. The van der Waals surface area contributed by atoms with Gasteiger partial charge in [0.15, 0.2) is 0 Å². The van der Waals surface area contributed by atoms with Gasteiger partial charge in [0.2, 0.25) is 11.8 Å². The van der Waals surface area contributed by atoms with E-state index in [1.54, 1.807) is 24.3 Å². The number of fused-ring (bicyclic) bond motifs is 1. The number of imide groups is 1. The van der Waals surface area contributed by atoms with Gasteiger partial charge in [-0.25, -0.2) is 4.90 Å². The normalized spacial score (nSPS) is 25.7. The summed E-state index contributed by atoms with van der Waals surface area (Å²) in [4.78, 5) is 26.4. The zero-order valence-corrected chi connectivity index (χ0v) is 12.6. The van der Waals surface area contributed by atoms with E-state index >= 15 is 0 Å². The first-order valence-corrected chi connectivity index (χ1v) is 7.14. The molecule has 110 valence electrons. The van der Waals surface area contributed by atoms with Gasteiger partial charge in [-0.2, -0.15) is 0 Å². The predicted octanol–water partition coefficient (Wildman–Crippen LogP) is 1.50. The molecule has 0 bridgehead atoms. The molecule has 2 amide bonds. The first-order valence-electron chi connectivity index (χ1n) is 6.73. The number of piperidine rings is 1. The van der Waals surface area contributed by atoms with Crippen LogP contribution in [0, 0.1) is 17.3 Å². The number of hydrogen-bond donors (Lipinski definition) is 1. The summed E-state index contributed by atoms with van der Waals surface area (Å²) in [7, 11) is 0. The molecular formula is C15H16N2O3S. The molecule has 2 fully saturated rings. The van der Waals surface area contributed by atoms with E-state index < -0.39 is 0 Å². The van der Waals surface area contributed by atoms with Gasteiger partial charge >= 0.3 is 0 Å². The van der Waals surface area contributed by atoms with E-state index in [0.29, 0.717) is 11.4 Å². The Balaban J connectivity index is 1.90. The highest BCUT2D eigenvalue weighted by atomic mass is 32.1. The number of nitrogens with two attached hydrogens (primary N) is 1. The molecule has 6 heteroatoms. The highest BCUT2D eigenvalue weighted by Crippen LogP contribution is 2.64. The zero-order chi connectivity index (χ0) is 15.4. The largest absolute Gasteiger partial charge is 0.484 e. The van der Waals surface area contributed by atoms with Crippen molar-refractivity contribution >= 4 is 34.7 Å². The van der Waals surface area contributed by atoms with Crippen LogP contribution in [-0.2, 0) is 9.59 Å². The van der Waals surface area contributed by atoms with E-state index in [4.69, 9.17) is 22.7 Å². The van der Waals surface area contributed by atoms with Crippen LogP contribution < -0.4 is 15.4 Å². The molecule has 1 aromatic carbocycles. The van der Waals surface area contributed by atoms with Gasteiger partial charge in [-0.05, 0) is 17.5 Å². The minimum Gasteiger partial charge on any atom is -0.484 e. The third-order valence-corrected chi connectivity index (χ3v) is 4.39. The number of amides is 2. The fourth-order valence-corrected chi connectivity index (χ4v) is 3.16. The van der Waals surface area contributed by atoms with Crippen LogP contribution in [0.1, 0.15) is 13.8 Å². The number of para-hydroxylation sites is 2. The summed E-state index contributed by atoms with van der Waals surface area (Å²) in [6.45, 7) is 3.97. The maximum atomic E-state index is 12.5. The van der Waals surface area contributed by atoms with E-state index in [2.05, 4.69) is 0 Å². The van der Waals surface area contributed by atoms with Crippen molar-refractivity contribution in [1.29, 1.82) is 0 Å². The summed E-state index contributed by atoms with van der Waals surface area (Å²) in [5, 5.41) is 0. The van der Waals surface area contributed by atoms with Crippen LogP contribution in [0.25, 0.3) is 0 Å². The summed E-state index contributed by atoms with van der Waals surface area (Å²) in [6.07, 6.45) is 0. The number of hydrogen-bond acceptors (Lipinski definition) is 4. The van der Waals surface area contributed by atoms with E-state index in [0.717, 1.165) is 0 Å². The Labute approximate surface area is 128 Å². The van der Waals surface area contributed by atoms with Crippen molar-refractivity contribution in [3.8, 4) is 5.75 Å². The molecule has 1 saturated heterocycles. The number of rotatable bonds is 4. The Hall–Kier alpha value is -1.95. The smallest absolute Gasteiger partial charge is 0.238 e. The van der Waals surface area contributed by atoms with Crippen molar-refractivity contribution in [2.45, 2.75) is 13.8 Å². The molecule has 5 nitrogen and oxygen atoms in total. The van der Waals surface area contributed by atoms with Crippen LogP contribution in [-0.4, -0.2) is 23.4 Å². The SMILES string of the molecule is CC1(C)C2C(=O)N(c3ccccc3OCC(N)=S)C(=O)C21. The summed E-state index contributed by atoms with van der Waals surface area (Å²) in [5.41, 5.74) is 5.66. The van der Waals surface area contributed by atoms with E-state index in [1.165, 1.54) is 4.90 Å². The second-order valence-corrected chi connectivity index (χ2v) is 6.54. The monoisotopic (exact) mass is 304 g/mol. The summed E-state index contributed by atoms with van der Waals surface area (Å²) >= 11 is 4.78. The van der Waals surface area contributed by atoms with Crippen LogP contribution in [0.3, 0.4) is 0 Å². The topological polar surface area (TPSA) is 72.6 Å². The summed E-state index contributed by atoms with van der Waals surface area (Å²) < 4.78 is 5.50. The van der Waals surface area contributed by atoms with Crippen molar-refractivity contribution in [3.63, 3.8) is 0 Å². The van der Waals surface area contributed by atoms with Gasteiger partial charge in [-0.15, -0.1) is 0 Å². The third kappa shape index (κ3) is 2.01. The summed E-state index contributed by atoms with van der Waals surface area (Å²) in [5.74, 6) is -0.295. The maximum absolute atomic E-state index is 12.5. The van der Waals surface area contributed by atoms with Crippen LogP contribution in [0.15, 0.2) is 24.3 Å². The number of carbonyl (C=O) groups is 2. The van der Waals surface area contributed by atoms with Crippen molar-refractivity contribution in [2.75, 3.05) is 11.5 Å². The average molecular weight is 304 g/mol. The predicted molar refractivity (Wildman–Crippen MR) is 82.0 cm³/mol. The molecule has 1 aliphatic heterocycles. The lowest BCUT2D eigenvalue weighted by atomic mass is 10.1. The second-order valence-electron chi connectivity index (χ2n) is 6.01. The van der Waals surface area contributed by atoms with E-state index in [1.807, 2.05) is 13.8 Å². The molecule has 2 N–H and O–H groups in total. The third-order valence-electron chi connectivity index (χ3n) is 4.28. The molecule has 0 spiro atoms. The molecule has 21 heavy (non-hydrogen) atoms. The van der Waals surface area contributed by atoms with Gasteiger partial charge in [0, 0.05) is 0 Å². The number of benzene rings is 1. The van der Waals surface area contributed by atoms with Crippen LogP contribution >= 0.6 is 12.2 Å². The minimum atomic E-state index is -0.223. The molecule has 2 aliphatic rings. The molecule has 2 atom stereocenters. The number of thiocarbonyl (C=S) groups is 1. The van der Waals surface area contributed by atoms with Crippen LogP contribution in [0.5, 0.6) is 5.75 Å². The van der Waals surface area contributed by atoms with Gasteiger partial charge in [0.05, 0.1) is 17.5 Å². The zero-order valence-electron chi connectivity index (χ0n) is 11.8. The Morgan fingerprint density at radius 1 is 1.29 bits per heavy atom. The molecule has 0 radical (unpaired) electrons. The van der Waals surface area contributed by atoms with Crippen molar-refractivity contribution in [1.82, 2.24) is 0 Å². The fraction of sp³-hybridized carbons (Fsp3) is 0.400. The number of nitrogens with zero attached hydrogens (tertiary/aromatic N) is 1. The molecule has 3 rings (SSSR count). The molecular weight excluding hydrogens is 288 g/mol. The fourth-order valence-electron chi connectivity index (χ4n) is 3.10. The van der Waals surface area contributed by atoms with Crippen molar-refractivity contribution in [3.05, 3.63) is 24.3 Å². The Kier molecular flexibility index (Phi) is 3.02. The van der Waals surface area contributed by atoms with E-state index in [-0.39, 0.29) is 40.7 Å².